The van der Waals surface area contributed by atoms with Gasteiger partial charge in [0, 0.05) is 24.6 Å². The molecule has 5 rings (SSSR count). The van der Waals surface area contributed by atoms with E-state index in [4.69, 9.17) is 4.52 Å². The normalized spacial score (nSPS) is 18.9. The quantitative estimate of drug-likeness (QED) is 0.729. The zero-order valence-electron chi connectivity index (χ0n) is 14.2. The molecule has 3 heterocycles. The first-order valence-corrected chi connectivity index (χ1v) is 8.84. The van der Waals surface area contributed by atoms with Crippen LogP contribution in [-0.2, 0) is 13.1 Å². The van der Waals surface area contributed by atoms with Gasteiger partial charge in [-0.25, -0.2) is 0 Å². The lowest BCUT2D eigenvalue weighted by atomic mass is 10.2. The highest BCUT2D eigenvalue weighted by Crippen LogP contribution is 2.40. The number of benzene rings is 1. The fourth-order valence-electron chi connectivity index (χ4n) is 3.44. The molecule has 0 amide bonds. The second kappa shape index (κ2) is 5.77. The maximum atomic E-state index is 5.53. The van der Waals surface area contributed by atoms with Gasteiger partial charge in [-0.05, 0) is 19.8 Å². The van der Waals surface area contributed by atoms with Crippen molar-refractivity contribution >= 4 is 0 Å². The van der Waals surface area contributed by atoms with Gasteiger partial charge >= 0.3 is 0 Å². The van der Waals surface area contributed by atoms with Crippen molar-refractivity contribution in [3.63, 3.8) is 0 Å². The summed E-state index contributed by atoms with van der Waals surface area (Å²) in [5.74, 6) is 4.14. The number of nitrogens with zero attached hydrogens (tertiary/aromatic N) is 6. The fraction of sp³-hybridized carbons (Fsp3) is 0.444. The molecule has 1 aliphatic carbocycles. The van der Waals surface area contributed by atoms with Gasteiger partial charge in [-0.15, -0.1) is 10.2 Å². The van der Waals surface area contributed by atoms with Gasteiger partial charge in [0.1, 0.15) is 11.6 Å². The monoisotopic (exact) mass is 336 g/mol. The highest BCUT2D eigenvalue weighted by molar-refractivity contribution is 5.53. The standard InChI is InChI=1S/C18H20N6O/c1-12(18-19-16(22-25-18)13-5-3-2-4-6-13)23-9-10-24-15(11-23)20-21-17(24)14-7-8-14/h2-6,12,14H,7-11H2,1H3. The maximum Gasteiger partial charge on any atom is 0.244 e. The van der Waals surface area contributed by atoms with E-state index < -0.39 is 0 Å². The van der Waals surface area contributed by atoms with Gasteiger partial charge < -0.3 is 9.09 Å². The summed E-state index contributed by atoms with van der Waals surface area (Å²) in [7, 11) is 0. The predicted molar refractivity (Wildman–Crippen MR) is 90.6 cm³/mol. The molecule has 0 radical (unpaired) electrons. The molecule has 3 aromatic rings. The lowest BCUT2D eigenvalue weighted by molar-refractivity contribution is 0.135. The number of rotatable bonds is 4. The molecule has 0 saturated heterocycles. The summed E-state index contributed by atoms with van der Waals surface area (Å²) in [5.41, 5.74) is 0.970. The Labute approximate surface area is 145 Å². The van der Waals surface area contributed by atoms with Crippen LogP contribution in [0.15, 0.2) is 34.9 Å². The fourth-order valence-corrected chi connectivity index (χ4v) is 3.44. The molecular formula is C18H20N6O. The average Bonchev–Trinajstić information content (AvgIpc) is 3.22. The minimum absolute atomic E-state index is 0.0554. The lowest BCUT2D eigenvalue weighted by Gasteiger charge is -2.30. The summed E-state index contributed by atoms with van der Waals surface area (Å²) in [5, 5.41) is 12.9. The van der Waals surface area contributed by atoms with Crippen LogP contribution >= 0.6 is 0 Å². The van der Waals surface area contributed by atoms with Gasteiger partial charge in [0.05, 0.1) is 12.6 Å². The molecule has 25 heavy (non-hydrogen) atoms. The second-order valence-electron chi connectivity index (χ2n) is 6.87. The van der Waals surface area contributed by atoms with Crippen molar-refractivity contribution in [2.45, 2.75) is 44.8 Å². The van der Waals surface area contributed by atoms with Crippen molar-refractivity contribution in [1.29, 1.82) is 0 Å². The Morgan fingerprint density at radius 2 is 1.96 bits per heavy atom. The minimum atomic E-state index is 0.0554. The largest absolute Gasteiger partial charge is 0.337 e. The molecule has 1 aromatic carbocycles. The highest BCUT2D eigenvalue weighted by atomic mass is 16.5. The zero-order chi connectivity index (χ0) is 16.8. The maximum absolute atomic E-state index is 5.53. The van der Waals surface area contributed by atoms with Crippen LogP contribution in [0.1, 0.15) is 49.3 Å². The summed E-state index contributed by atoms with van der Waals surface area (Å²) in [6.45, 7) is 4.74. The van der Waals surface area contributed by atoms with Gasteiger partial charge in [-0.2, -0.15) is 4.98 Å². The van der Waals surface area contributed by atoms with E-state index >= 15 is 0 Å². The summed E-state index contributed by atoms with van der Waals surface area (Å²) in [6, 6.07) is 9.96. The van der Waals surface area contributed by atoms with Crippen molar-refractivity contribution in [2.24, 2.45) is 0 Å². The van der Waals surface area contributed by atoms with E-state index in [2.05, 4.69) is 36.7 Å². The Bertz CT molecular complexity index is 882. The smallest absolute Gasteiger partial charge is 0.244 e. The van der Waals surface area contributed by atoms with Crippen LogP contribution in [0.3, 0.4) is 0 Å². The molecule has 0 bridgehead atoms. The topological polar surface area (TPSA) is 72.9 Å². The van der Waals surface area contributed by atoms with Crippen LogP contribution in [-0.4, -0.2) is 36.3 Å². The third-order valence-corrected chi connectivity index (χ3v) is 5.13. The third-order valence-electron chi connectivity index (χ3n) is 5.13. The van der Waals surface area contributed by atoms with Crippen molar-refractivity contribution in [1.82, 2.24) is 29.8 Å². The van der Waals surface area contributed by atoms with E-state index in [-0.39, 0.29) is 6.04 Å². The van der Waals surface area contributed by atoms with E-state index in [0.29, 0.717) is 17.6 Å². The first-order valence-electron chi connectivity index (χ1n) is 8.84. The minimum Gasteiger partial charge on any atom is -0.337 e. The molecule has 1 fully saturated rings. The van der Waals surface area contributed by atoms with Crippen LogP contribution in [0.4, 0.5) is 0 Å². The molecule has 2 aliphatic rings. The number of aromatic nitrogens is 5. The second-order valence-corrected chi connectivity index (χ2v) is 6.87. The predicted octanol–water partition coefficient (Wildman–Crippen LogP) is 2.78. The van der Waals surface area contributed by atoms with Crippen LogP contribution in [0.2, 0.25) is 0 Å². The number of fused-ring (bicyclic) bond motifs is 1. The van der Waals surface area contributed by atoms with Crippen molar-refractivity contribution in [3.05, 3.63) is 47.9 Å². The summed E-state index contributed by atoms with van der Waals surface area (Å²) in [4.78, 5) is 6.92. The number of hydrogen-bond acceptors (Lipinski definition) is 6. The van der Waals surface area contributed by atoms with E-state index in [0.717, 1.165) is 31.0 Å². The first kappa shape index (κ1) is 14.8. The summed E-state index contributed by atoms with van der Waals surface area (Å²) in [6.07, 6.45) is 2.50. The highest BCUT2D eigenvalue weighted by Gasteiger charge is 2.33. The van der Waals surface area contributed by atoms with E-state index in [9.17, 15) is 0 Å². The molecule has 0 N–H and O–H groups in total. The van der Waals surface area contributed by atoms with Crippen LogP contribution in [0.25, 0.3) is 11.4 Å². The Balaban J connectivity index is 1.34. The summed E-state index contributed by atoms with van der Waals surface area (Å²) < 4.78 is 7.83. The Hall–Kier alpha value is -2.54. The van der Waals surface area contributed by atoms with E-state index in [1.165, 1.54) is 18.7 Å². The summed E-state index contributed by atoms with van der Waals surface area (Å²) >= 11 is 0. The van der Waals surface area contributed by atoms with Crippen LogP contribution < -0.4 is 0 Å². The van der Waals surface area contributed by atoms with Crippen molar-refractivity contribution in [3.8, 4) is 11.4 Å². The molecule has 0 spiro atoms. The van der Waals surface area contributed by atoms with Gasteiger partial charge in [0.25, 0.3) is 0 Å². The Morgan fingerprint density at radius 3 is 2.76 bits per heavy atom. The Morgan fingerprint density at radius 1 is 1.12 bits per heavy atom. The van der Waals surface area contributed by atoms with Gasteiger partial charge in [-0.1, -0.05) is 35.5 Å². The molecule has 1 atom stereocenters. The van der Waals surface area contributed by atoms with Crippen LogP contribution in [0, 0.1) is 0 Å². The first-order chi connectivity index (χ1) is 12.3. The van der Waals surface area contributed by atoms with Crippen LogP contribution in [0.5, 0.6) is 0 Å². The Kier molecular flexibility index (Phi) is 3.41. The molecule has 2 aromatic heterocycles. The zero-order valence-corrected chi connectivity index (χ0v) is 14.2. The van der Waals surface area contributed by atoms with Gasteiger partial charge in [0.15, 0.2) is 0 Å². The third kappa shape index (κ3) is 2.64. The molecule has 1 aliphatic heterocycles. The lowest BCUT2D eigenvalue weighted by Crippen LogP contribution is -2.36. The van der Waals surface area contributed by atoms with Gasteiger partial charge in [0.2, 0.25) is 11.7 Å². The van der Waals surface area contributed by atoms with E-state index in [1.807, 2.05) is 30.3 Å². The average molecular weight is 336 g/mol. The molecular weight excluding hydrogens is 316 g/mol. The molecule has 7 nitrogen and oxygen atoms in total. The SMILES string of the molecule is CC(c1nc(-c2ccccc2)no1)N1CCn2c(nnc2C2CC2)C1. The molecule has 7 heteroatoms. The number of hydrogen-bond donors (Lipinski definition) is 0. The van der Waals surface area contributed by atoms with Crippen molar-refractivity contribution in [2.75, 3.05) is 6.54 Å². The molecule has 1 unspecified atom stereocenters. The molecule has 128 valence electrons. The van der Waals surface area contributed by atoms with Crippen molar-refractivity contribution < 1.29 is 4.52 Å². The van der Waals surface area contributed by atoms with Gasteiger partial charge in [-0.3, -0.25) is 4.90 Å². The van der Waals surface area contributed by atoms with E-state index in [1.54, 1.807) is 0 Å². The molecule has 1 saturated carbocycles.